The van der Waals surface area contributed by atoms with Crippen LogP contribution in [0.5, 0.6) is 0 Å². The van der Waals surface area contributed by atoms with Gasteiger partial charge in [0.25, 0.3) is 0 Å². The summed E-state index contributed by atoms with van der Waals surface area (Å²) in [5.41, 5.74) is 7.71. The summed E-state index contributed by atoms with van der Waals surface area (Å²) >= 11 is 0. The van der Waals surface area contributed by atoms with Gasteiger partial charge >= 0.3 is 0 Å². The third-order valence-corrected chi connectivity index (χ3v) is 8.81. The third kappa shape index (κ3) is 3.08. The van der Waals surface area contributed by atoms with Gasteiger partial charge in [0.15, 0.2) is 0 Å². The molecule has 6 heteroatoms. The summed E-state index contributed by atoms with van der Waals surface area (Å²) in [6, 6.07) is 42.4. The monoisotopic (exact) mass is 562 g/mol. The number of para-hydroxylation sites is 4. The van der Waals surface area contributed by atoms with E-state index in [9.17, 15) is 0 Å². The van der Waals surface area contributed by atoms with Crippen molar-refractivity contribution in [2.75, 3.05) is 0 Å². The van der Waals surface area contributed by atoms with Crippen molar-refractivity contribution in [2.24, 2.45) is 0 Å². The van der Waals surface area contributed by atoms with Gasteiger partial charge in [-0.1, -0.05) is 72.8 Å². The minimum Gasteiger partial charge on any atom is -0.294 e. The van der Waals surface area contributed by atoms with Crippen LogP contribution in [0.2, 0.25) is 0 Å². The highest BCUT2D eigenvalue weighted by molar-refractivity contribution is 6.21. The summed E-state index contributed by atoms with van der Waals surface area (Å²) in [7, 11) is 0. The van der Waals surface area contributed by atoms with E-state index in [2.05, 4.69) is 130 Å². The first-order valence-corrected chi connectivity index (χ1v) is 14.7. The van der Waals surface area contributed by atoms with E-state index in [1.807, 2.05) is 0 Å². The Morgan fingerprint density at radius 3 is 1.02 bits per heavy atom. The van der Waals surface area contributed by atoms with Crippen molar-refractivity contribution in [3.63, 3.8) is 0 Å². The van der Waals surface area contributed by atoms with Gasteiger partial charge in [0.1, 0.15) is 22.7 Å². The molecule has 0 unspecified atom stereocenters. The van der Waals surface area contributed by atoms with E-state index in [1.165, 1.54) is 21.5 Å². The van der Waals surface area contributed by atoms with Crippen LogP contribution in [0.25, 0.3) is 88.1 Å². The zero-order chi connectivity index (χ0) is 28.8. The van der Waals surface area contributed by atoms with Gasteiger partial charge in [-0.3, -0.25) is 19.1 Å². The summed E-state index contributed by atoms with van der Waals surface area (Å²) < 4.78 is 4.49. The lowest BCUT2D eigenvalue weighted by Crippen LogP contribution is -2.01. The van der Waals surface area contributed by atoms with Crippen LogP contribution in [0.3, 0.4) is 0 Å². The van der Waals surface area contributed by atoms with Crippen molar-refractivity contribution in [2.45, 2.75) is 0 Å². The highest BCUT2D eigenvalue weighted by atomic mass is 15.1. The van der Waals surface area contributed by atoms with Crippen molar-refractivity contribution in [1.82, 2.24) is 29.1 Å². The molecule has 44 heavy (non-hydrogen) atoms. The van der Waals surface area contributed by atoms with Crippen LogP contribution in [0.1, 0.15) is 0 Å². The first-order chi connectivity index (χ1) is 21.8. The summed E-state index contributed by atoms with van der Waals surface area (Å²) in [6.07, 6.45) is 3.49. The van der Waals surface area contributed by atoms with E-state index in [4.69, 9.17) is 19.9 Å². The Hall–Kier alpha value is -6.14. The molecule has 204 valence electrons. The molecular weight excluding hydrogens is 540 g/mol. The molecule has 5 aromatic heterocycles. The van der Waals surface area contributed by atoms with E-state index >= 15 is 0 Å². The van der Waals surface area contributed by atoms with Crippen LogP contribution in [0.15, 0.2) is 134 Å². The fourth-order valence-electron chi connectivity index (χ4n) is 6.96. The van der Waals surface area contributed by atoms with Crippen molar-refractivity contribution < 1.29 is 0 Å². The van der Waals surface area contributed by atoms with Crippen molar-refractivity contribution in [3.05, 3.63) is 134 Å². The number of benzene rings is 5. The average molecular weight is 563 g/mol. The van der Waals surface area contributed by atoms with Crippen LogP contribution in [0, 0.1) is 0 Å². The zero-order valence-corrected chi connectivity index (χ0v) is 23.4. The van der Waals surface area contributed by atoms with E-state index in [1.54, 1.807) is 12.4 Å². The Labute approximate surface area is 250 Å². The molecule has 0 aliphatic carbocycles. The number of pyridine rings is 2. The van der Waals surface area contributed by atoms with Crippen molar-refractivity contribution in [1.29, 1.82) is 0 Å². The van der Waals surface area contributed by atoms with Gasteiger partial charge in [-0.05, 0) is 48.5 Å². The summed E-state index contributed by atoms with van der Waals surface area (Å²) in [5, 5.41) is 6.66. The molecule has 0 aliphatic heterocycles. The number of nitrogens with zero attached hydrogens (tertiary/aromatic N) is 6. The molecule has 0 spiro atoms. The van der Waals surface area contributed by atoms with Crippen molar-refractivity contribution in [3.8, 4) is 11.6 Å². The first-order valence-electron chi connectivity index (χ1n) is 14.7. The van der Waals surface area contributed by atoms with Gasteiger partial charge in [-0.25, -0.2) is 9.97 Å². The highest BCUT2D eigenvalue weighted by Gasteiger charge is 2.19. The Balaban J connectivity index is 1.33. The molecule has 0 N–H and O–H groups in total. The lowest BCUT2D eigenvalue weighted by molar-refractivity contribution is 1.09. The normalized spacial score (nSPS) is 12.1. The largest absolute Gasteiger partial charge is 0.294 e. The molecule has 0 atom stereocenters. The van der Waals surface area contributed by atoms with E-state index in [0.29, 0.717) is 0 Å². The smallest absolute Gasteiger partial charge is 0.138 e. The van der Waals surface area contributed by atoms with Gasteiger partial charge in [-0.2, -0.15) is 0 Å². The van der Waals surface area contributed by atoms with E-state index in [0.717, 1.165) is 66.5 Å². The first kappa shape index (κ1) is 23.4. The van der Waals surface area contributed by atoms with Crippen LogP contribution in [-0.4, -0.2) is 29.1 Å². The second-order valence-electron chi connectivity index (χ2n) is 11.1. The summed E-state index contributed by atoms with van der Waals surface area (Å²) in [4.78, 5) is 20.3. The summed E-state index contributed by atoms with van der Waals surface area (Å²) in [6.45, 7) is 0. The Kier molecular flexibility index (Phi) is 4.63. The lowest BCUT2D eigenvalue weighted by Gasteiger charge is -2.13. The average Bonchev–Trinajstić information content (AvgIpc) is 3.61. The van der Waals surface area contributed by atoms with Gasteiger partial charge < -0.3 is 0 Å². The molecule has 0 saturated carbocycles. The molecule has 10 rings (SSSR count). The zero-order valence-electron chi connectivity index (χ0n) is 23.4. The maximum absolute atomic E-state index is 5.37. The van der Waals surface area contributed by atoms with Gasteiger partial charge in [0.05, 0.1) is 33.1 Å². The SMILES string of the molecule is c1ccc2c(c1)c1ccccc1n2-c1ccc2c3nccnc3c3ccc(-n4c5ccccc5c5ccccc54)nc3c2n1. The lowest BCUT2D eigenvalue weighted by atomic mass is 10.1. The second-order valence-corrected chi connectivity index (χ2v) is 11.1. The second kappa shape index (κ2) is 8.69. The van der Waals surface area contributed by atoms with Gasteiger partial charge in [0.2, 0.25) is 0 Å². The number of fused-ring (bicyclic) bond motifs is 12. The molecule has 6 nitrogen and oxygen atoms in total. The predicted molar refractivity (Wildman–Crippen MR) is 179 cm³/mol. The van der Waals surface area contributed by atoms with Gasteiger partial charge in [-0.15, -0.1) is 0 Å². The number of rotatable bonds is 2. The standard InChI is InChI=1S/C38H22N6/c1-5-13-29-23(9-1)24-10-2-6-14-30(24)43(29)33-19-17-27-35-36(40-22-21-39-35)28-18-20-34(42-38(28)37(27)41-33)44-31-15-7-3-11-25(31)26-12-4-8-16-32(26)44/h1-22H. The molecule has 10 aromatic rings. The molecule has 5 heterocycles. The van der Waals surface area contributed by atoms with Crippen LogP contribution < -0.4 is 0 Å². The predicted octanol–water partition coefficient (Wildman–Crippen LogP) is 8.92. The maximum atomic E-state index is 5.37. The fourth-order valence-corrected chi connectivity index (χ4v) is 6.96. The summed E-state index contributed by atoms with van der Waals surface area (Å²) in [5.74, 6) is 1.67. The Bertz CT molecular complexity index is 2490. The molecule has 0 aliphatic rings. The Morgan fingerprint density at radius 1 is 0.318 bits per heavy atom. The van der Waals surface area contributed by atoms with Crippen LogP contribution in [0.4, 0.5) is 0 Å². The number of hydrogen-bond acceptors (Lipinski definition) is 4. The molecule has 0 radical (unpaired) electrons. The fraction of sp³-hybridized carbons (Fsp3) is 0. The Morgan fingerprint density at radius 2 is 0.659 bits per heavy atom. The third-order valence-electron chi connectivity index (χ3n) is 8.81. The molecule has 0 saturated heterocycles. The highest BCUT2D eigenvalue weighted by Crippen LogP contribution is 2.37. The van der Waals surface area contributed by atoms with E-state index in [-0.39, 0.29) is 0 Å². The van der Waals surface area contributed by atoms with Crippen LogP contribution in [-0.2, 0) is 0 Å². The van der Waals surface area contributed by atoms with Crippen LogP contribution >= 0.6 is 0 Å². The topological polar surface area (TPSA) is 61.4 Å². The van der Waals surface area contributed by atoms with Gasteiger partial charge in [0, 0.05) is 44.7 Å². The number of aromatic nitrogens is 6. The minimum atomic E-state index is 0.801. The van der Waals surface area contributed by atoms with Crippen molar-refractivity contribution >= 4 is 76.5 Å². The minimum absolute atomic E-state index is 0.801. The molecule has 0 fully saturated rings. The molecule has 0 bridgehead atoms. The number of hydrogen-bond donors (Lipinski definition) is 0. The molecule has 5 aromatic carbocycles. The maximum Gasteiger partial charge on any atom is 0.138 e. The van der Waals surface area contributed by atoms with E-state index < -0.39 is 0 Å². The molecule has 0 amide bonds. The quantitative estimate of drug-likeness (QED) is 0.197. The molecular formula is C38H22N6.